The first-order valence-electron chi connectivity index (χ1n) is 10.7. The molecular weight excluding hydrogens is 402 g/mol. The van der Waals surface area contributed by atoms with E-state index in [0.29, 0.717) is 6.54 Å². The average Bonchev–Trinajstić information content (AvgIpc) is 2.90. The van der Waals surface area contributed by atoms with Crippen LogP contribution in [-0.2, 0) is 11.8 Å². The lowest BCUT2D eigenvalue weighted by molar-refractivity contribution is -0.121. The van der Waals surface area contributed by atoms with Gasteiger partial charge in [0.05, 0.1) is 25.3 Å². The lowest BCUT2D eigenvalue weighted by Gasteiger charge is -2.16. The van der Waals surface area contributed by atoms with E-state index in [2.05, 4.69) is 5.32 Å². The van der Waals surface area contributed by atoms with E-state index < -0.39 is 6.04 Å². The van der Waals surface area contributed by atoms with Crippen molar-refractivity contribution < 1.29 is 9.53 Å². The molecule has 0 radical (unpaired) electrons. The highest BCUT2D eigenvalue weighted by atomic mass is 16.5. The Bertz CT molecular complexity index is 1260. The number of methoxy groups -OCH3 is 1. The Morgan fingerprint density at radius 1 is 1.09 bits per heavy atom. The number of fused-ring (bicyclic) bond motifs is 3. The summed E-state index contributed by atoms with van der Waals surface area (Å²) in [6.07, 6.45) is 2.00. The third-order valence-corrected chi connectivity index (χ3v) is 5.75. The van der Waals surface area contributed by atoms with Crippen LogP contribution in [0.15, 0.2) is 64.5 Å². The zero-order chi connectivity index (χ0) is 22.8. The summed E-state index contributed by atoms with van der Waals surface area (Å²) in [7, 11) is 3.37. The maximum absolute atomic E-state index is 12.6. The van der Waals surface area contributed by atoms with Crippen molar-refractivity contribution >= 4 is 11.6 Å². The van der Waals surface area contributed by atoms with Crippen LogP contribution in [0.5, 0.6) is 5.75 Å². The molecule has 0 spiro atoms. The minimum absolute atomic E-state index is 0.0975. The number of hydrogen-bond donors (Lipinski definition) is 1. The molecule has 4 rings (SSSR count). The molecule has 1 atom stereocenters. The topological polar surface area (TPSA) is 72.7 Å². The quantitative estimate of drug-likeness (QED) is 0.671. The molecule has 1 N–H and O–H groups in total. The number of amides is 1. The van der Waals surface area contributed by atoms with Gasteiger partial charge in [0.15, 0.2) is 0 Å². The molecule has 164 valence electrons. The van der Waals surface area contributed by atoms with Gasteiger partial charge in [0, 0.05) is 42.5 Å². The van der Waals surface area contributed by atoms with Crippen LogP contribution in [0.4, 0.5) is 0 Å². The van der Waals surface area contributed by atoms with E-state index in [1.54, 1.807) is 24.8 Å². The number of benzene rings is 2. The fourth-order valence-electron chi connectivity index (χ4n) is 4.06. The number of nitrogens with zero attached hydrogens (tertiary/aromatic N) is 2. The van der Waals surface area contributed by atoms with E-state index >= 15 is 0 Å². The van der Waals surface area contributed by atoms with Gasteiger partial charge in [0.1, 0.15) is 5.75 Å². The second kappa shape index (κ2) is 8.83. The first-order valence-corrected chi connectivity index (χ1v) is 10.7. The smallest absolute Gasteiger partial charge is 0.250 e. The van der Waals surface area contributed by atoms with Crippen molar-refractivity contribution in [1.29, 1.82) is 0 Å². The second-order valence-electron chi connectivity index (χ2n) is 8.02. The van der Waals surface area contributed by atoms with Crippen LogP contribution in [0.1, 0.15) is 41.6 Å². The molecule has 0 saturated heterocycles. The van der Waals surface area contributed by atoms with E-state index in [0.717, 1.165) is 44.8 Å². The van der Waals surface area contributed by atoms with Crippen molar-refractivity contribution in [2.75, 3.05) is 13.7 Å². The summed E-state index contributed by atoms with van der Waals surface area (Å²) in [5, 5.41) is 2.86. The van der Waals surface area contributed by atoms with Gasteiger partial charge in [-0.15, -0.1) is 0 Å². The third-order valence-electron chi connectivity index (χ3n) is 5.75. The lowest BCUT2D eigenvalue weighted by Crippen LogP contribution is -2.25. The van der Waals surface area contributed by atoms with Crippen LogP contribution < -0.4 is 15.6 Å². The molecule has 6 heteroatoms. The number of ether oxygens (including phenoxy) is 1. The minimum Gasteiger partial charge on any atom is -0.497 e. The molecule has 0 saturated carbocycles. The highest BCUT2D eigenvalue weighted by molar-refractivity contribution is 6.17. The van der Waals surface area contributed by atoms with E-state index in [1.165, 1.54) is 0 Å². The number of aryl methyl sites for hydroxylation is 2. The standard InChI is InChI=1S/C26H27N3O3/c1-5-27-24(30)14-23-20-13-25(31)29(3)15-22(20)19-11-10-18(32-4)12-21(19)26(28-23)17-8-6-16(2)7-9-17/h6-13,15,23H,5,14H2,1-4H3,(H,27,30)/t23-/m0/s1. The fraction of sp³-hybridized carbons (Fsp3) is 0.269. The Kier molecular flexibility index (Phi) is 5.95. The summed E-state index contributed by atoms with van der Waals surface area (Å²) in [6, 6.07) is 15.2. The van der Waals surface area contributed by atoms with Crippen molar-refractivity contribution in [2.45, 2.75) is 26.3 Å². The monoisotopic (exact) mass is 429 g/mol. The van der Waals surface area contributed by atoms with Crippen molar-refractivity contribution in [3.05, 3.63) is 87.3 Å². The molecule has 2 heterocycles. The molecule has 0 unspecified atom stereocenters. The van der Waals surface area contributed by atoms with E-state index in [1.807, 2.05) is 62.5 Å². The van der Waals surface area contributed by atoms with Gasteiger partial charge in [-0.1, -0.05) is 29.8 Å². The SMILES string of the molecule is CCNC(=O)C[C@@H]1N=C(c2ccc(C)cc2)c2cc(OC)ccc2-c2cn(C)c(=O)cc21. The predicted octanol–water partition coefficient (Wildman–Crippen LogP) is 3.79. The van der Waals surface area contributed by atoms with E-state index in [9.17, 15) is 9.59 Å². The van der Waals surface area contributed by atoms with Crippen molar-refractivity contribution in [3.8, 4) is 16.9 Å². The minimum atomic E-state index is -0.486. The number of carbonyl (C=O) groups excluding carboxylic acids is 1. The maximum atomic E-state index is 12.6. The number of aromatic nitrogens is 1. The molecule has 1 aliphatic rings. The molecule has 32 heavy (non-hydrogen) atoms. The van der Waals surface area contributed by atoms with Crippen LogP contribution in [-0.4, -0.2) is 29.8 Å². The summed E-state index contributed by atoms with van der Waals surface area (Å²) < 4.78 is 7.07. The molecule has 1 aromatic heterocycles. The van der Waals surface area contributed by atoms with E-state index in [-0.39, 0.29) is 17.9 Å². The van der Waals surface area contributed by atoms with Gasteiger partial charge < -0.3 is 14.6 Å². The number of pyridine rings is 1. The molecule has 1 aliphatic heterocycles. The lowest BCUT2D eigenvalue weighted by atomic mass is 9.91. The number of hydrogen-bond acceptors (Lipinski definition) is 4. The Balaban J connectivity index is 2.02. The first-order chi connectivity index (χ1) is 15.4. The Hall–Kier alpha value is -3.67. The maximum Gasteiger partial charge on any atom is 0.250 e. The highest BCUT2D eigenvalue weighted by Crippen LogP contribution is 2.39. The zero-order valence-electron chi connectivity index (χ0n) is 18.8. The van der Waals surface area contributed by atoms with Crippen molar-refractivity contribution in [1.82, 2.24) is 9.88 Å². The van der Waals surface area contributed by atoms with Gasteiger partial charge in [0.2, 0.25) is 5.91 Å². The molecule has 6 nitrogen and oxygen atoms in total. The summed E-state index contributed by atoms with van der Waals surface area (Å²) in [5.41, 5.74) is 6.26. The number of aliphatic imine (C=N–C) groups is 1. The zero-order valence-corrected chi connectivity index (χ0v) is 18.8. The van der Waals surface area contributed by atoms with Gasteiger partial charge in [-0.3, -0.25) is 14.6 Å². The van der Waals surface area contributed by atoms with Gasteiger partial charge >= 0.3 is 0 Å². The van der Waals surface area contributed by atoms with Gasteiger partial charge in [-0.05, 0) is 43.2 Å². The number of rotatable bonds is 5. The molecular formula is C26H27N3O3. The van der Waals surface area contributed by atoms with Crippen LogP contribution in [0.3, 0.4) is 0 Å². The Morgan fingerprint density at radius 3 is 2.53 bits per heavy atom. The van der Waals surface area contributed by atoms with Crippen LogP contribution in [0.25, 0.3) is 11.1 Å². The normalized spacial score (nSPS) is 14.6. The summed E-state index contributed by atoms with van der Waals surface area (Å²) >= 11 is 0. The third kappa shape index (κ3) is 4.08. The number of carbonyl (C=O) groups is 1. The molecule has 0 fully saturated rings. The van der Waals surface area contributed by atoms with E-state index in [4.69, 9.17) is 9.73 Å². The fourth-order valence-corrected chi connectivity index (χ4v) is 4.06. The van der Waals surface area contributed by atoms with Crippen LogP contribution >= 0.6 is 0 Å². The summed E-state index contributed by atoms with van der Waals surface area (Å²) in [4.78, 5) is 30.2. The second-order valence-corrected chi connectivity index (χ2v) is 8.02. The summed E-state index contributed by atoms with van der Waals surface area (Å²) in [5.74, 6) is 0.622. The average molecular weight is 430 g/mol. The highest BCUT2D eigenvalue weighted by Gasteiger charge is 2.27. The molecule has 1 amide bonds. The molecule has 3 aromatic rings. The van der Waals surface area contributed by atoms with Crippen LogP contribution in [0.2, 0.25) is 0 Å². The van der Waals surface area contributed by atoms with Crippen molar-refractivity contribution in [2.24, 2.45) is 12.0 Å². The largest absolute Gasteiger partial charge is 0.497 e. The number of nitrogens with one attached hydrogen (secondary N) is 1. The molecule has 0 aliphatic carbocycles. The Morgan fingerprint density at radius 2 is 1.84 bits per heavy atom. The Labute approximate surface area is 187 Å². The van der Waals surface area contributed by atoms with Crippen molar-refractivity contribution in [3.63, 3.8) is 0 Å². The summed E-state index contributed by atoms with van der Waals surface area (Å²) in [6.45, 7) is 4.47. The van der Waals surface area contributed by atoms with Crippen LogP contribution in [0, 0.1) is 6.92 Å². The van der Waals surface area contributed by atoms with Gasteiger partial charge in [0.25, 0.3) is 5.56 Å². The molecule has 2 aromatic carbocycles. The molecule has 0 bridgehead atoms. The van der Waals surface area contributed by atoms with Gasteiger partial charge in [-0.2, -0.15) is 0 Å². The predicted molar refractivity (Wildman–Crippen MR) is 127 cm³/mol. The first kappa shape index (κ1) is 21.6. The van der Waals surface area contributed by atoms with Gasteiger partial charge in [-0.25, -0.2) is 0 Å².